The number of carbonyl (C=O) groups excluding carboxylic acids is 1. The molecule has 4 nitrogen and oxygen atoms in total. The molecule has 2 heterocycles. The first-order chi connectivity index (χ1) is 12.1. The first kappa shape index (κ1) is 18.7. The van der Waals surface area contributed by atoms with Crippen LogP contribution in [0.3, 0.4) is 0 Å². The molecule has 1 atom stereocenters. The van der Waals surface area contributed by atoms with Gasteiger partial charge in [-0.15, -0.1) is 11.3 Å². The number of carbonyl (C=O) groups is 1. The van der Waals surface area contributed by atoms with Gasteiger partial charge in [0.05, 0.1) is 25.7 Å². The van der Waals surface area contributed by atoms with Crippen molar-refractivity contribution in [2.75, 3.05) is 32.8 Å². The highest BCUT2D eigenvalue weighted by molar-refractivity contribution is 7.10. The molecule has 1 fully saturated rings. The molecule has 1 aromatic heterocycles. The van der Waals surface area contributed by atoms with E-state index in [-0.39, 0.29) is 18.4 Å². The van der Waals surface area contributed by atoms with Crippen molar-refractivity contribution in [2.45, 2.75) is 12.5 Å². The number of hydrogen-bond donors (Lipinski definition) is 1. The molecule has 1 amide bonds. The second-order valence-corrected chi connectivity index (χ2v) is 7.65. The van der Waals surface area contributed by atoms with Crippen molar-refractivity contribution in [3.05, 3.63) is 56.2 Å². The van der Waals surface area contributed by atoms with Gasteiger partial charge >= 0.3 is 0 Å². The van der Waals surface area contributed by atoms with Crippen LogP contribution in [0.15, 0.2) is 35.7 Å². The van der Waals surface area contributed by atoms with E-state index in [2.05, 4.69) is 21.7 Å². The average Bonchev–Trinajstić information content (AvgIpc) is 3.14. The number of halogens is 2. The van der Waals surface area contributed by atoms with Crippen molar-refractivity contribution in [3.63, 3.8) is 0 Å². The highest BCUT2D eigenvalue weighted by Crippen LogP contribution is 2.26. The van der Waals surface area contributed by atoms with E-state index >= 15 is 0 Å². The Morgan fingerprint density at radius 2 is 1.92 bits per heavy atom. The minimum absolute atomic E-state index is 0.0789. The molecule has 0 aliphatic carbocycles. The van der Waals surface area contributed by atoms with Crippen molar-refractivity contribution >= 4 is 40.4 Å². The number of thiophene rings is 1. The van der Waals surface area contributed by atoms with Gasteiger partial charge in [-0.1, -0.05) is 35.3 Å². The van der Waals surface area contributed by atoms with E-state index < -0.39 is 0 Å². The summed E-state index contributed by atoms with van der Waals surface area (Å²) in [6, 6.07) is 9.59. The highest BCUT2D eigenvalue weighted by atomic mass is 35.5. The van der Waals surface area contributed by atoms with E-state index in [0.29, 0.717) is 22.2 Å². The number of morpholine rings is 1. The third kappa shape index (κ3) is 4.96. The fourth-order valence-corrected chi connectivity index (χ4v) is 4.31. The van der Waals surface area contributed by atoms with E-state index in [0.717, 1.165) is 26.3 Å². The average molecular weight is 399 g/mol. The Morgan fingerprint density at radius 3 is 2.56 bits per heavy atom. The smallest absolute Gasteiger partial charge is 0.224 e. The van der Waals surface area contributed by atoms with Gasteiger partial charge in [-0.25, -0.2) is 0 Å². The maximum Gasteiger partial charge on any atom is 0.224 e. The normalized spacial score (nSPS) is 16.6. The van der Waals surface area contributed by atoms with Crippen LogP contribution >= 0.6 is 34.5 Å². The van der Waals surface area contributed by atoms with Crippen LogP contribution in [0, 0.1) is 0 Å². The number of hydrogen-bond acceptors (Lipinski definition) is 4. The second kappa shape index (κ2) is 9.01. The summed E-state index contributed by atoms with van der Waals surface area (Å²) in [5.74, 6) is -0.0789. The molecular formula is C18H20Cl2N2O2S. The molecule has 3 rings (SSSR count). The summed E-state index contributed by atoms with van der Waals surface area (Å²) in [5, 5.41) is 6.14. The van der Waals surface area contributed by atoms with Gasteiger partial charge < -0.3 is 10.1 Å². The molecule has 0 spiro atoms. The Kier molecular flexibility index (Phi) is 6.73. The van der Waals surface area contributed by atoms with Gasteiger partial charge in [0.15, 0.2) is 0 Å². The van der Waals surface area contributed by atoms with E-state index in [9.17, 15) is 4.79 Å². The molecule has 25 heavy (non-hydrogen) atoms. The van der Waals surface area contributed by atoms with Gasteiger partial charge in [0, 0.05) is 34.6 Å². The van der Waals surface area contributed by atoms with Crippen LogP contribution in [0.1, 0.15) is 16.5 Å². The quantitative estimate of drug-likeness (QED) is 0.804. The molecule has 1 saturated heterocycles. The van der Waals surface area contributed by atoms with Gasteiger partial charge in [0.25, 0.3) is 0 Å². The third-order valence-electron chi connectivity index (χ3n) is 4.25. The van der Waals surface area contributed by atoms with Crippen LogP contribution in [-0.2, 0) is 16.0 Å². The van der Waals surface area contributed by atoms with Gasteiger partial charge in [0.2, 0.25) is 5.91 Å². The maximum absolute atomic E-state index is 12.4. The minimum atomic E-state index is -0.0789. The van der Waals surface area contributed by atoms with E-state index in [4.69, 9.17) is 27.9 Å². The second-order valence-electron chi connectivity index (χ2n) is 5.86. The molecule has 1 aromatic carbocycles. The molecule has 0 saturated carbocycles. The summed E-state index contributed by atoms with van der Waals surface area (Å²) >= 11 is 14.0. The lowest BCUT2D eigenvalue weighted by molar-refractivity contribution is -0.120. The fourth-order valence-electron chi connectivity index (χ4n) is 2.91. The van der Waals surface area contributed by atoms with Crippen LogP contribution in [0.4, 0.5) is 0 Å². The van der Waals surface area contributed by atoms with Crippen LogP contribution in [-0.4, -0.2) is 43.7 Å². The number of rotatable bonds is 6. The predicted octanol–water partition coefficient (Wildman–Crippen LogP) is 3.79. The predicted molar refractivity (Wildman–Crippen MR) is 103 cm³/mol. The molecule has 134 valence electrons. The standard InChI is InChI=1S/C18H20Cl2N2O2S/c19-14-3-1-4-15(20)13(14)11-18(23)21-12-16(17-5-2-10-25-17)22-6-8-24-9-7-22/h1-5,10,16H,6-9,11-12H2,(H,21,23). The lowest BCUT2D eigenvalue weighted by Crippen LogP contribution is -2.43. The SMILES string of the molecule is O=C(Cc1c(Cl)cccc1Cl)NCC(c1cccs1)N1CCOCC1. The monoisotopic (exact) mass is 398 g/mol. The number of ether oxygens (including phenoxy) is 1. The maximum atomic E-state index is 12.4. The first-order valence-electron chi connectivity index (χ1n) is 8.20. The first-order valence-corrected chi connectivity index (χ1v) is 9.83. The van der Waals surface area contributed by atoms with Crippen LogP contribution in [0.2, 0.25) is 10.0 Å². The van der Waals surface area contributed by atoms with E-state index in [1.165, 1.54) is 4.88 Å². The molecule has 0 bridgehead atoms. The lowest BCUT2D eigenvalue weighted by Gasteiger charge is -2.34. The summed E-state index contributed by atoms with van der Waals surface area (Å²) in [4.78, 5) is 16.0. The van der Waals surface area contributed by atoms with Crippen molar-refractivity contribution < 1.29 is 9.53 Å². The summed E-state index contributed by atoms with van der Waals surface area (Å²) in [6.45, 7) is 3.75. The van der Waals surface area contributed by atoms with Gasteiger partial charge in [-0.2, -0.15) is 0 Å². The summed E-state index contributed by atoms with van der Waals surface area (Å²) in [7, 11) is 0. The van der Waals surface area contributed by atoms with Crippen LogP contribution < -0.4 is 5.32 Å². The molecule has 1 unspecified atom stereocenters. The number of benzene rings is 1. The molecule has 1 aliphatic heterocycles. The molecule has 7 heteroatoms. The molecule has 1 N–H and O–H groups in total. The zero-order valence-corrected chi connectivity index (χ0v) is 16.0. The van der Waals surface area contributed by atoms with Gasteiger partial charge in [-0.3, -0.25) is 9.69 Å². The number of nitrogens with one attached hydrogen (secondary N) is 1. The van der Waals surface area contributed by atoms with E-state index in [1.807, 2.05) is 6.07 Å². The number of nitrogens with zero attached hydrogens (tertiary/aromatic N) is 1. The van der Waals surface area contributed by atoms with Gasteiger partial charge in [-0.05, 0) is 29.1 Å². The number of amides is 1. The Bertz CT molecular complexity index is 683. The topological polar surface area (TPSA) is 41.6 Å². The Hall–Kier alpha value is -1.11. The zero-order chi connectivity index (χ0) is 17.6. The zero-order valence-electron chi connectivity index (χ0n) is 13.7. The van der Waals surface area contributed by atoms with Crippen molar-refractivity contribution in [2.24, 2.45) is 0 Å². The van der Waals surface area contributed by atoms with Crippen LogP contribution in [0.25, 0.3) is 0 Å². The third-order valence-corrected chi connectivity index (χ3v) is 5.93. The molecule has 2 aromatic rings. The molecule has 0 radical (unpaired) electrons. The Balaban J connectivity index is 1.63. The van der Waals surface area contributed by atoms with Crippen LogP contribution in [0.5, 0.6) is 0 Å². The summed E-state index contributed by atoms with van der Waals surface area (Å²) in [6.07, 6.45) is 0.179. The van der Waals surface area contributed by atoms with Crippen molar-refractivity contribution in [1.82, 2.24) is 10.2 Å². The summed E-state index contributed by atoms with van der Waals surface area (Å²) in [5.41, 5.74) is 0.669. The molecule has 1 aliphatic rings. The highest BCUT2D eigenvalue weighted by Gasteiger charge is 2.24. The van der Waals surface area contributed by atoms with Crippen molar-refractivity contribution in [3.8, 4) is 0 Å². The fraction of sp³-hybridized carbons (Fsp3) is 0.389. The molecular weight excluding hydrogens is 379 g/mol. The van der Waals surface area contributed by atoms with E-state index in [1.54, 1.807) is 29.5 Å². The van der Waals surface area contributed by atoms with Crippen molar-refractivity contribution in [1.29, 1.82) is 0 Å². The summed E-state index contributed by atoms with van der Waals surface area (Å²) < 4.78 is 5.44. The Morgan fingerprint density at radius 1 is 1.20 bits per heavy atom. The van der Waals surface area contributed by atoms with Gasteiger partial charge in [0.1, 0.15) is 0 Å². The lowest BCUT2D eigenvalue weighted by atomic mass is 10.1. The Labute approximate surface area is 161 Å². The minimum Gasteiger partial charge on any atom is -0.379 e. The largest absolute Gasteiger partial charge is 0.379 e.